The van der Waals surface area contributed by atoms with Crippen LogP contribution >= 0.6 is 0 Å². The van der Waals surface area contributed by atoms with Crippen LogP contribution in [0.3, 0.4) is 0 Å². The fourth-order valence-electron chi connectivity index (χ4n) is 2.55. The fourth-order valence-corrected chi connectivity index (χ4v) is 3.71. The number of anilines is 1. The summed E-state index contributed by atoms with van der Waals surface area (Å²) < 4.78 is 39.9. The number of nitrogens with zero attached hydrogens (tertiary/aromatic N) is 1. The molecular formula is C19H17FN2O3S. The number of sulfonamides is 1. The summed E-state index contributed by atoms with van der Waals surface area (Å²) in [5.74, 6) is -1.21. The monoisotopic (exact) mass is 372 g/mol. The second-order valence-corrected chi connectivity index (χ2v) is 7.84. The molecule has 0 saturated carbocycles. The maximum atomic E-state index is 13.6. The number of carbonyl (C=O) groups excluding carboxylic acids is 1. The zero-order chi connectivity index (χ0) is 18.7. The number of benzene rings is 3. The average molecular weight is 372 g/mol. The third-order valence-electron chi connectivity index (χ3n) is 3.94. The quantitative estimate of drug-likeness (QED) is 0.748. The minimum absolute atomic E-state index is 0.00834. The van der Waals surface area contributed by atoms with Crippen LogP contribution in [0.2, 0.25) is 0 Å². The minimum atomic E-state index is -3.85. The number of hydrogen-bond donors (Lipinski definition) is 1. The number of carbonyl (C=O) groups is 1. The predicted molar refractivity (Wildman–Crippen MR) is 98.8 cm³/mol. The van der Waals surface area contributed by atoms with E-state index in [0.717, 1.165) is 15.1 Å². The number of halogens is 1. The van der Waals surface area contributed by atoms with Crippen molar-refractivity contribution >= 4 is 32.4 Å². The van der Waals surface area contributed by atoms with Crippen molar-refractivity contribution in [3.63, 3.8) is 0 Å². The van der Waals surface area contributed by atoms with Crippen molar-refractivity contribution in [3.05, 3.63) is 72.5 Å². The van der Waals surface area contributed by atoms with Gasteiger partial charge in [0.25, 0.3) is 0 Å². The summed E-state index contributed by atoms with van der Waals surface area (Å²) in [5.41, 5.74) is 0.00834. The molecule has 0 unspecified atom stereocenters. The lowest BCUT2D eigenvalue weighted by molar-refractivity contribution is -0.116. The summed E-state index contributed by atoms with van der Waals surface area (Å²) in [7, 11) is -2.54. The third-order valence-corrected chi connectivity index (χ3v) is 5.74. The Kier molecular flexibility index (Phi) is 5.01. The summed E-state index contributed by atoms with van der Waals surface area (Å²) in [5, 5.41) is 4.09. The van der Waals surface area contributed by atoms with Gasteiger partial charge in [0, 0.05) is 7.05 Å². The molecule has 5 nitrogen and oxygen atoms in total. The molecule has 26 heavy (non-hydrogen) atoms. The van der Waals surface area contributed by atoms with E-state index in [1.54, 1.807) is 18.2 Å². The summed E-state index contributed by atoms with van der Waals surface area (Å²) in [6.07, 6.45) is 0. The van der Waals surface area contributed by atoms with Gasteiger partial charge in [0.15, 0.2) is 0 Å². The Bertz CT molecular complexity index is 1070. The van der Waals surface area contributed by atoms with Gasteiger partial charge in [0.2, 0.25) is 15.9 Å². The van der Waals surface area contributed by atoms with Crippen LogP contribution in [0.4, 0.5) is 10.1 Å². The molecule has 0 spiro atoms. The van der Waals surface area contributed by atoms with E-state index in [-0.39, 0.29) is 10.6 Å². The van der Waals surface area contributed by atoms with E-state index in [0.29, 0.717) is 0 Å². The van der Waals surface area contributed by atoms with E-state index >= 15 is 0 Å². The standard InChI is InChI=1S/C19H17FN2O3S/c1-22(13-19(23)21-18-9-5-4-8-17(18)20)26(24,25)16-11-10-14-6-2-3-7-15(14)12-16/h2-12H,13H2,1H3,(H,21,23). The lowest BCUT2D eigenvalue weighted by atomic mass is 10.1. The molecule has 3 aromatic carbocycles. The summed E-state index contributed by atoms with van der Waals surface area (Å²) in [4.78, 5) is 12.2. The fraction of sp³-hybridized carbons (Fsp3) is 0.105. The van der Waals surface area contributed by atoms with Crippen molar-refractivity contribution in [2.24, 2.45) is 0 Å². The zero-order valence-corrected chi connectivity index (χ0v) is 14.8. The smallest absolute Gasteiger partial charge is 0.243 e. The number of nitrogens with one attached hydrogen (secondary N) is 1. The molecule has 0 radical (unpaired) electrons. The molecule has 1 N–H and O–H groups in total. The predicted octanol–water partition coefficient (Wildman–Crippen LogP) is 3.24. The molecule has 134 valence electrons. The topological polar surface area (TPSA) is 66.5 Å². The van der Waals surface area contributed by atoms with E-state index in [2.05, 4.69) is 5.32 Å². The van der Waals surface area contributed by atoms with E-state index in [9.17, 15) is 17.6 Å². The largest absolute Gasteiger partial charge is 0.322 e. The molecule has 0 heterocycles. The van der Waals surface area contributed by atoms with E-state index < -0.39 is 28.3 Å². The van der Waals surface area contributed by atoms with Gasteiger partial charge in [-0.3, -0.25) is 4.79 Å². The van der Waals surface area contributed by atoms with Gasteiger partial charge >= 0.3 is 0 Å². The van der Waals surface area contributed by atoms with Crippen molar-refractivity contribution in [2.75, 3.05) is 18.9 Å². The first kappa shape index (κ1) is 18.0. The van der Waals surface area contributed by atoms with Gasteiger partial charge in [-0.25, -0.2) is 12.8 Å². The Morgan fingerprint density at radius 2 is 1.65 bits per heavy atom. The van der Waals surface area contributed by atoms with Gasteiger partial charge < -0.3 is 5.32 Å². The first-order valence-electron chi connectivity index (χ1n) is 7.87. The summed E-state index contributed by atoms with van der Waals surface area (Å²) in [6.45, 7) is -0.427. The summed E-state index contributed by atoms with van der Waals surface area (Å²) in [6, 6.07) is 17.9. The van der Waals surface area contributed by atoms with Crippen molar-refractivity contribution in [2.45, 2.75) is 4.90 Å². The number of fused-ring (bicyclic) bond motifs is 1. The molecule has 0 saturated heterocycles. The number of para-hydroxylation sites is 1. The Morgan fingerprint density at radius 3 is 2.38 bits per heavy atom. The van der Waals surface area contributed by atoms with Gasteiger partial charge in [-0.15, -0.1) is 0 Å². The van der Waals surface area contributed by atoms with Crippen LogP contribution < -0.4 is 5.32 Å². The van der Waals surface area contributed by atoms with Gasteiger partial charge in [-0.2, -0.15) is 4.31 Å². The average Bonchev–Trinajstić information content (AvgIpc) is 2.63. The van der Waals surface area contributed by atoms with Crippen LogP contribution in [0.5, 0.6) is 0 Å². The molecule has 0 aromatic heterocycles. The van der Waals surface area contributed by atoms with Crippen LogP contribution in [0.25, 0.3) is 10.8 Å². The highest BCUT2D eigenvalue weighted by atomic mass is 32.2. The Balaban J connectivity index is 1.77. The molecule has 0 fully saturated rings. The lowest BCUT2D eigenvalue weighted by Crippen LogP contribution is -2.35. The van der Waals surface area contributed by atoms with Gasteiger partial charge in [-0.05, 0) is 35.0 Å². The van der Waals surface area contributed by atoms with Crippen molar-refractivity contribution in [3.8, 4) is 0 Å². The maximum Gasteiger partial charge on any atom is 0.243 e. The van der Waals surface area contributed by atoms with Gasteiger partial charge in [-0.1, -0.05) is 42.5 Å². The lowest BCUT2D eigenvalue weighted by Gasteiger charge is -2.17. The number of likely N-dealkylation sites (N-methyl/N-ethyl adjacent to an activating group) is 1. The SMILES string of the molecule is CN(CC(=O)Nc1ccccc1F)S(=O)(=O)c1ccc2ccccc2c1. The highest BCUT2D eigenvalue weighted by molar-refractivity contribution is 7.89. The minimum Gasteiger partial charge on any atom is -0.322 e. The first-order chi connectivity index (χ1) is 12.4. The molecule has 0 atom stereocenters. The number of hydrogen-bond acceptors (Lipinski definition) is 3. The normalized spacial score (nSPS) is 11.7. The second-order valence-electron chi connectivity index (χ2n) is 5.80. The van der Waals surface area contributed by atoms with E-state index in [4.69, 9.17) is 0 Å². The van der Waals surface area contributed by atoms with Crippen LogP contribution in [0.1, 0.15) is 0 Å². The van der Waals surface area contributed by atoms with Crippen LogP contribution in [0.15, 0.2) is 71.6 Å². The Hall–Kier alpha value is -2.77. The number of rotatable bonds is 5. The molecule has 0 aliphatic rings. The first-order valence-corrected chi connectivity index (χ1v) is 9.31. The zero-order valence-electron chi connectivity index (χ0n) is 14.0. The van der Waals surface area contributed by atoms with Gasteiger partial charge in [0.05, 0.1) is 17.1 Å². The van der Waals surface area contributed by atoms with Crippen molar-refractivity contribution in [1.82, 2.24) is 4.31 Å². The molecule has 3 aromatic rings. The molecule has 3 rings (SSSR count). The van der Waals surface area contributed by atoms with Crippen molar-refractivity contribution < 1.29 is 17.6 Å². The molecule has 7 heteroatoms. The molecule has 1 amide bonds. The highest BCUT2D eigenvalue weighted by Crippen LogP contribution is 2.21. The van der Waals surface area contributed by atoms with Crippen LogP contribution in [0, 0.1) is 5.82 Å². The van der Waals surface area contributed by atoms with Crippen LogP contribution in [-0.2, 0) is 14.8 Å². The second kappa shape index (κ2) is 7.23. The summed E-state index contributed by atoms with van der Waals surface area (Å²) >= 11 is 0. The third kappa shape index (κ3) is 3.74. The Morgan fingerprint density at radius 1 is 1.00 bits per heavy atom. The maximum absolute atomic E-state index is 13.6. The van der Waals surface area contributed by atoms with Gasteiger partial charge in [0.1, 0.15) is 5.82 Å². The number of amides is 1. The Labute approximate surface area is 151 Å². The molecule has 0 bridgehead atoms. The highest BCUT2D eigenvalue weighted by Gasteiger charge is 2.23. The van der Waals surface area contributed by atoms with E-state index in [1.807, 2.05) is 24.3 Å². The molecule has 0 aliphatic carbocycles. The van der Waals surface area contributed by atoms with Crippen LogP contribution in [-0.4, -0.2) is 32.2 Å². The van der Waals surface area contributed by atoms with Crippen molar-refractivity contribution in [1.29, 1.82) is 0 Å². The van der Waals surface area contributed by atoms with E-state index in [1.165, 1.54) is 31.3 Å². The molecule has 0 aliphatic heterocycles. The molecular weight excluding hydrogens is 355 g/mol.